The van der Waals surface area contributed by atoms with Crippen molar-refractivity contribution in [3.05, 3.63) is 64.2 Å². The van der Waals surface area contributed by atoms with E-state index in [1.165, 1.54) is 38.0 Å². The van der Waals surface area contributed by atoms with Crippen molar-refractivity contribution in [2.75, 3.05) is 26.1 Å². The molecule has 2 aliphatic rings. The molecule has 1 aliphatic heterocycles. The molecule has 1 unspecified atom stereocenters. The maximum absolute atomic E-state index is 13.2. The highest BCUT2D eigenvalue weighted by Gasteiger charge is 2.49. The molecular weight excluding hydrogens is 454 g/mol. The quantitative estimate of drug-likeness (QED) is 0.479. The number of aryl methyl sites for hydroxylation is 2. The lowest BCUT2D eigenvalue weighted by Gasteiger charge is -2.23. The van der Waals surface area contributed by atoms with Crippen molar-refractivity contribution in [3.63, 3.8) is 0 Å². The van der Waals surface area contributed by atoms with E-state index >= 15 is 0 Å². The minimum Gasteiger partial charge on any atom is -0.465 e. The van der Waals surface area contributed by atoms with Gasteiger partial charge in [-0.05, 0) is 61.1 Å². The summed E-state index contributed by atoms with van der Waals surface area (Å²) in [6.45, 7) is 1.06. The number of esters is 2. The van der Waals surface area contributed by atoms with Crippen LogP contribution in [0.5, 0.6) is 0 Å². The first-order valence-electron chi connectivity index (χ1n) is 11.0. The number of amides is 4. The predicted octanol–water partition coefficient (Wildman–Crippen LogP) is 2.15. The van der Waals surface area contributed by atoms with Crippen LogP contribution in [-0.2, 0) is 37.4 Å². The van der Waals surface area contributed by atoms with Crippen molar-refractivity contribution in [3.8, 4) is 0 Å². The summed E-state index contributed by atoms with van der Waals surface area (Å²) in [4.78, 5) is 63.4. The predicted molar refractivity (Wildman–Crippen MR) is 124 cm³/mol. The number of hydrogen-bond donors (Lipinski definition) is 2. The summed E-state index contributed by atoms with van der Waals surface area (Å²) in [5.74, 6) is -2.67. The largest absolute Gasteiger partial charge is 0.465 e. The first-order valence-corrected chi connectivity index (χ1v) is 11.0. The lowest BCUT2D eigenvalue weighted by atomic mass is 9.89. The number of ether oxygens (including phenoxy) is 2. The number of anilines is 1. The van der Waals surface area contributed by atoms with E-state index in [0.29, 0.717) is 5.56 Å². The third kappa shape index (κ3) is 4.46. The molecule has 1 atom stereocenters. The Labute approximate surface area is 201 Å². The second-order valence-electron chi connectivity index (χ2n) is 8.61. The van der Waals surface area contributed by atoms with Crippen molar-refractivity contribution < 1.29 is 33.4 Å². The molecule has 4 amide bonds. The molecule has 0 spiro atoms. The number of rotatable bonds is 6. The summed E-state index contributed by atoms with van der Waals surface area (Å²) in [5, 5.41) is 5.23. The van der Waals surface area contributed by atoms with E-state index < -0.39 is 41.9 Å². The Morgan fingerprint density at radius 3 is 2.23 bits per heavy atom. The van der Waals surface area contributed by atoms with E-state index in [9.17, 15) is 24.0 Å². The number of fused-ring (bicyclic) bond motifs is 1. The van der Waals surface area contributed by atoms with Crippen LogP contribution in [0.4, 0.5) is 10.5 Å². The normalized spacial score (nSPS) is 18.7. The molecule has 4 rings (SSSR count). The van der Waals surface area contributed by atoms with Crippen LogP contribution in [0.1, 0.15) is 50.8 Å². The second-order valence-corrected chi connectivity index (χ2v) is 8.61. The van der Waals surface area contributed by atoms with Crippen LogP contribution >= 0.6 is 0 Å². The Bertz CT molecular complexity index is 1220. The number of nitrogens with zero attached hydrogens (tertiary/aromatic N) is 1. The number of nitrogens with one attached hydrogen (secondary N) is 2. The van der Waals surface area contributed by atoms with Crippen LogP contribution in [-0.4, -0.2) is 55.4 Å². The number of carbonyl (C=O) groups is 5. The van der Waals surface area contributed by atoms with E-state index in [1.807, 2.05) is 18.2 Å². The van der Waals surface area contributed by atoms with E-state index in [4.69, 9.17) is 0 Å². The molecule has 10 nitrogen and oxygen atoms in total. The second kappa shape index (κ2) is 9.21. The first-order chi connectivity index (χ1) is 16.7. The average molecular weight is 479 g/mol. The Balaban J connectivity index is 1.52. The molecule has 0 bridgehead atoms. The number of methoxy groups -OCH3 is 2. The van der Waals surface area contributed by atoms with E-state index in [-0.39, 0.29) is 16.8 Å². The molecule has 0 radical (unpaired) electrons. The third-order valence-electron chi connectivity index (χ3n) is 6.31. The van der Waals surface area contributed by atoms with Gasteiger partial charge in [0.15, 0.2) is 0 Å². The van der Waals surface area contributed by atoms with Gasteiger partial charge in [-0.15, -0.1) is 0 Å². The van der Waals surface area contributed by atoms with E-state index in [1.54, 1.807) is 6.92 Å². The Hall–Kier alpha value is -4.21. The molecule has 1 saturated heterocycles. The van der Waals surface area contributed by atoms with Gasteiger partial charge in [-0.25, -0.2) is 14.4 Å². The van der Waals surface area contributed by atoms with E-state index in [0.717, 1.165) is 29.7 Å². The van der Waals surface area contributed by atoms with Gasteiger partial charge in [0.05, 0.1) is 25.3 Å². The summed E-state index contributed by atoms with van der Waals surface area (Å²) in [5.41, 5.74) is 1.91. The van der Waals surface area contributed by atoms with Gasteiger partial charge in [-0.1, -0.05) is 18.2 Å². The molecule has 1 aliphatic carbocycles. The maximum Gasteiger partial charge on any atom is 0.337 e. The third-order valence-corrected chi connectivity index (χ3v) is 6.31. The van der Waals surface area contributed by atoms with Crippen LogP contribution in [0.2, 0.25) is 0 Å². The Kier molecular flexibility index (Phi) is 6.29. The topological polar surface area (TPSA) is 131 Å². The zero-order valence-corrected chi connectivity index (χ0v) is 19.6. The molecule has 1 heterocycles. The molecule has 35 heavy (non-hydrogen) atoms. The van der Waals surface area contributed by atoms with Gasteiger partial charge < -0.3 is 20.1 Å². The number of imide groups is 1. The molecular formula is C25H25N3O7. The number of carbonyl (C=O) groups excluding carboxylic acids is 5. The smallest absolute Gasteiger partial charge is 0.337 e. The first kappa shape index (κ1) is 23.9. The van der Waals surface area contributed by atoms with Gasteiger partial charge in [0, 0.05) is 5.69 Å². The minimum absolute atomic E-state index is 0.0184. The van der Waals surface area contributed by atoms with E-state index in [2.05, 4.69) is 20.1 Å². The Morgan fingerprint density at radius 1 is 0.971 bits per heavy atom. The number of hydrogen-bond acceptors (Lipinski definition) is 7. The van der Waals surface area contributed by atoms with Gasteiger partial charge in [-0.3, -0.25) is 14.5 Å². The van der Waals surface area contributed by atoms with Crippen LogP contribution in [0, 0.1) is 0 Å². The summed E-state index contributed by atoms with van der Waals surface area (Å²) >= 11 is 0. The van der Waals surface area contributed by atoms with Crippen molar-refractivity contribution in [2.45, 2.75) is 31.7 Å². The number of benzene rings is 2. The molecule has 10 heteroatoms. The summed E-state index contributed by atoms with van der Waals surface area (Å²) in [6.07, 6.45) is 2.97. The highest BCUT2D eigenvalue weighted by atomic mass is 16.5. The summed E-state index contributed by atoms with van der Waals surface area (Å²) in [7, 11) is 2.36. The molecule has 1 fully saturated rings. The lowest BCUT2D eigenvalue weighted by Crippen LogP contribution is -2.42. The Morgan fingerprint density at radius 2 is 1.60 bits per heavy atom. The van der Waals surface area contributed by atoms with Crippen LogP contribution in [0.25, 0.3) is 0 Å². The van der Waals surface area contributed by atoms with Crippen LogP contribution in [0.3, 0.4) is 0 Å². The monoisotopic (exact) mass is 479 g/mol. The fraction of sp³-hybridized carbons (Fsp3) is 0.320. The highest BCUT2D eigenvalue weighted by molar-refractivity contribution is 6.10. The van der Waals surface area contributed by atoms with Crippen LogP contribution in [0.15, 0.2) is 36.4 Å². The SMILES string of the molecule is COC(=O)c1cc(NC(=O)CN2C(=O)NC(C)(c3ccc4c(c3)CCC4)C2=O)cc(C(=O)OC)c1. The van der Waals surface area contributed by atoms with Crippen molar-refractivity contribution >= 4 is 35.5 Å². The lowest BCUT2D eigenvalue weighted by molar-refractivity contribution is -0.133. The van der Waals surface area contributed by atoms with Gasteiger partial charge in [-0.2, -0.15) is 0 Å². The van der Waals surface area contributed by atoms with Gasteiger partial charge in [0.2, 0.25) is 5.91 Å². The van der Waals surface area contributed by atoms with Crippen molar-refractivity contribution in [1.82, 2.24) is 10.2 Å². The highest BCUT2D eigenvalue weighted by Crippen LogP contribution is 2.32. The van der Waals surface area contributed by atoms with Crippen molar-refractivity contribution in [1.29, 1.82) is 0 Å². The summed E-state index contributed by atoms with van der Waals surface area (Å²) < 4.78 is 9.37. The number of urea groups is 1. The minimum atomic E-state index is -1.29. The molecule has 2 aromatic carbocycles. The molecule has 2 N–H and O–H groups in total. The standard InChI is InChI=1S/C25H25N3O7/c1-25(18-8-7-14-5-4-6-15(14)10-18)23(32)28(24(33)27-25)13-20(29)26-19-11-16(21(30)34-2)9-17(12-19)22(31)35-3/h7-12H,4-6,13H2,1-3H3,(H,26,29)(H,27,33). The molecule has 182 valence electrons. The fourth-order valence-electron chi connectivity index (χ4n) is 4.43. The zero-order chi connectivity index (χ0) is 25.3. The fourth-order valence-corrected chi connectivity index (χ4v) is 4.43. The van der Waals surface area contributed by atoms with Crippen molar-refractivity contribution in [2.24, 2.45) is 0 Å². The molecule has 0 aromatic heterocycles. The van der Waals surface area contributed by atoms with Gasteiger partial charge in [0.1, 0.15) is 12.1 Å². The molecule has 0 saturated carbocycles. The van der Waals surface area contributed by atoms with Gasteiger partial charge >= 0.3 is 18.0 Å². The zero-order valence-electron chi connectivity index (χ0n) is 19.6. The van der Waals surface area contributed by atoms with Crippen LogP contribution < -0.4 is 10.6 Å². The van der Waals surface area contributed by atoms with Gasteiger partial charge in [0.25, 0.3) is 5.91 Å². The summed E-state index contributed by atoms with van der Waals surface area (Å²) in [6, 6.07) is 8.96. The maximum atomic E-state index is 13.2. The average Bonchev–Trinajstić information content (AvgIpc) is 3.41. The molecule has 2 aromatic rings.